The average molecular weight is 254 g/mol. The Morgan fingerprint density at radius 3 is 2.53 bits per heavy atom. The minimum absolute atomic E-state index is 0.407. The fraction of sp³-hybridized carbons (Fsp3) is 0.538. The van der Waals surface area contributed by atoms with Gasteiger partial charge in [0, 0.05) is 6.04 Å². The molecule has 0 radical (unpaired) electrons. The highest BCUT2D eigenvalue weighted by Gasteiger charge is 2.06. The van der Waals surface area contributed by atoms with Crippen LogP contribution in [0.4, 0.5) is 0 Å². The topological polar surface area (TPSA) is 47.3 Å². The van der Waals surface area contributed by atoms with E-state index in [-0.39, 0.29) is 0 Å². The van der Waals surface area contributed by atoms with Crippen LogP contribution in [0.5, 0.6) is 5.75 Å². The molecule has 3 nitrogen and oxygen atoms in total. The molecule has 1 aromatic rings. The van der Waals surface area contributed by atoms with Gasteiger partial charge in [-0.2, -0.15) is 11.8 Å². The van der Waals surface area contributed by atoms with Crippen LogP contribution in [-0.2, 0) is 6.42 Å². The molecular weight excluding hydrogens is 232 g/mol. The highest BCUT2D eigenvalue weighted by atomic mass is 32.2. The van der Waals surface area contributed by atoms with Crippen molar-refractivity contribution in [3.05, 3.63) is 29.8 Å². The predicted molar refractivity (Wildman–Crippen MR) is 75.4 cm³/mol. The van der Waals surface area contributed by atoms with Gasteiger partial charge in [-0.05, 0) is 49.0 Å². The average Bonchev–Trinajstić information content (AvgIpc) is 2.39. The summed E-state index contributed by atoms with van der Waals surface area (Å²) >= 11 is 1.86. The molecule has 96 valence electrons. The molecule has 0 aromatic heterocycles. The zero-order valence-electron chi connectivity index (χ0n) is 10.6. The van der Waals surface area contributed by atoms with Crippen LogP contribution in [-0.4, -0.2) is 25.2 Å². The van der Waals surface area contributed by atoms with Gasteiger partial charge < -0.3 is 4.74 Å². The van der Waals surface area contributed by atoms with Crippen molar-refractivity contribution >= 4 is 11.8 Å². The van der Waals surface area contributed by atoms with Gasteiger partial charge in [0.05, 0.1) is 7.11 Å². The van der Waals surface area contributed by atoms with E-state index >= 15 is 0 Å². The highest BCUT2D eigenvalue weighted by molar-refractivity contribution is 7.98. The quantitative estimate of drug-likeness (QED) is 0.551. The second kappa shape index (κ2) is 8.39. The summed E-state index contributed by atoms with van der Waals surface area (Å²) < 4.78 is 5.13. The molecule has 0 fully saturated rings. The number of benzene rings is 1. The summed E-state index contributed by atoms with van der Waals surface area (Å²) in [5, 5.41) is 0. The number of aryl methyl sites for hydroxylation is 1. The maximum absolute atomic E-state index is 5.54. The zero-order chi connectivity index (χ0) is 12.5. The third kappa shape index (κ3) is 5.44. The van der Waals surface area contributed by atoms with E-state index in [1.54, 1.807) is 7.11 Å². The van der Waals surface area contributed by atoms with Crippen molar-refractivity contribution in [2.24, 2.45) is 5.84 Å². The molecule has 1 atom stereocenters. The van der Waals surface area contributed by atoms with Crippen molar-refractivity contribution < 1.29 is 4.74 Å². The van der Waals surface area contributed by atoms with Gasteiger partial charge in [-0.15, -0.1) is 0 Å². The van der Waals surface area contributed by atoms with Crippen LogP contribution < -0.4 is 16.0 Å². The van der Waals surface area contributed by atoms with Gasteiger partial charge in [-0.25, -0.2) is 0 Å². The number of methoxy groups -OCH3 is 1. The molecule has 3 N–H and O–H groups in total. The maximum Gasteiger partial charge on any atom is 0.118 e. The van der Waals surface area contributed by atoms with E-state index in [1.807, 2.05) is 23.9 Å². The van der Waals surface area contributed by atoms with Crippen molar-refractivity contribution in [3.63, 3.8) is 0 Å². The number of nitrogens with one attached hydrogen (secondary N) is 1. The summed E-state index contributed by atoms with van der Waals surface area (Å²) in [6.45, 7) is 0. The van der Waals surface area contributed by atoms with Crippen LogP contribution in [0.1, 0.15) is 18.4 Å². The Labute approximate surface area is 108 Å². The third-order valence-electron chi connectivity index (χ3n) is 2.85. The predicted octanol–water partition coefficient (Wildman–Crippen LogP) is 2.21. The molecule has 0 saturated carbocycles. The first kappa shape index (κ1) is 14.4. The fourth-order valence-electron chi connectivity index (χ4n) is 1.70. The second-order valence-electron chi connectivity index (χ2n) is 4.03. The number of hydrazine groups is 1. The van der Waals surface area contributed by atoms with Crippen molar-refractivity contribution in [2.45, 2.75) is 25.3 Å². The van der Waals surface area contributed by atoms with Crippen LogP contribution in [0.3, 0.4) is 0 Å². The lowest BCUT2D eigenvalue weighted by atomic mass is 10.0. The molecule has 0 spiro atoms. The molecule has 0 saturated heterocycles. The Bertz CT molecular complexity index is 303. The van der Waals surface area contributed by atoms with Gasteiger partial charge in [0.25, 0.3) is 0 Å². The number of hydrogen-bond donors (Lipinski definition) is 2. The summed E-state index contributed by atoms with van der Waals surface area (Å²) in [5.41, 5.74) is 4.22. The summed E-state index contributed by atoms with van der Waals surface area (Å²) in [6.07, 6.45) is 5.36. The summed E-state index contributed by atoms with van der Waals surface area (Å²) in [7, 11) is 1.69. The van der Waals surface area contributed by atoms with Gasteiger partial charge in [0.15, 0.2) is 0 Å². The zero-order valence-corrected chi connectivity index (χ0v) is 11.4. The minimum atomic E-state index is 0.407. The fourth-order valence-corrected chi connectivity index (χ4v) is 2.22. The lowest BCUT2D eigenvalue weighted by Crippen LogP contribution is -2.35. The number of thioether (sulfide) groups is 1. The molecule has 0 amide bonds. The van der Waals surface area contributed by atoms with Gasteiger partial charge in [0.2, 0.25) is 0 Å². The van der Waals surface area contributed by atoms with Crippen LogP contribution >= 0.6 is 11.8 Å². The van der Waals surface area contributed by atoms with Crippen LogP contribution in [0.25, 0.3) is 0 Å². The van der Waals surface area contributed by atoms with E-state index in [2.05, 4.69) is 23.8 Å². The Morgan fingerprint density at radius 1 is 1.29 bits per heavy atom. The molecule has 1 unspecified atom stereocenters. The Balaban J connectivity index is 2.36. The minimum Gasteiger partial charge on any atom is -0.497 e. The molecule has 4 heteroatoms. The van der Waals surface area contributed by atoms with Crippen molar-refractivity contribution in [2.75, 3.05) is 19.1 Å². The lowest BCUT2D eigenvalue weighted by Gasteiger charge is -2.15. The van der Waals surface area contributed by atoms with Crippen molar-refractivity contribution in [1.29, 1.82) is 0 Å². The van der Waals surface area contributed by atoms with Crippen LogP contribution in [0.2, 0.25) is 0 Å². The number of rotatable bonds is 8. The third-order valence-corrected chi connectivity index (χ3v) is 3.49. The summed E-state index contributed by atoms with van der Waals surface area (Å²) in [6, 6.07) is 8.64. The van der Waals surface area contributed by atoms with Crippen LogP contribution in [0.15, 0.2) is 24.3 Å². The molecule has 1 rings (SSSR count). The van der Waals surface area contributed by atoms with E-state index in [4.69, 9.17) is 10.6 Å². The summed E-state index contributed by atoms with van der Waals surface area (Å²) in [5.74, 6) is 7.60. The Hall–Kier alpha value is -0.710. The van der Waals surface area contributed by atoms with E-state index in [9.17, 15) is 0 Å². The monoisotopic (exact) mass is 254 g/mol. The Kier molecular flexibility index (Phi) is 7.08. The first-order chi connectivity index (χ1) is 8.30. The standard InChI is InChI=1S/C13H22N2OS/c1-16-13-7-4-11(5-8-13)3-6-12(15-14)9-10-17-2/h4-5,7-8,12,15H,3,6,9-10,14H2,1-2H3. The largest absolute Gasteiger partial charge is 0.497 e. The molecule has 0 bridgehead atoms. The molecular formula is C13H22N2OS. The first-order valence-corrected chi connectivity index (χ1v) is 7.27. The SMILES string of the molecule is COc1ccc(CCC(CCSC)NN)cc1. The first-order valence-electron chi connectivity index (χ1n) is 5.88. The summed E-state index contributed by atoms with van der Waals surface area (Å²) in [4.78, 5) is 0. The highest BCUT2D eigenvalue weighted by Crippen LogP contribution is 2.14. The van der Waals surface area contributed by atoms with E-state index in [0.29, 0.717) is 6.04 Å². The molecule has 17 heavy (non-hydrogen) atoms. The smallest absolute Gasteiger partial charge is 0.118 e. The van der Waals surface area contributed by atoms with E-state index < -0.39 is 0 Å². The van der Waals surface area contributed by atoms with Crippen molar-refractivity contribution in [3.8, 4) is 5.75 Å². The number of hydrogen-bond acceptors (Lipinski definition) is 4. The second-order valence-corrected chi connectivity index (χ2v) is 5.02. The van der Waals surface area contributed by atoms with Gasteiger partial charge in [-0.1, -0.05) is 12.1 Å². The molecule has 1 aromatic carbocycles. The normalized spacial score (nSPS) is 12.4. The van der Waals surface area contributed by atoms with Crippen molar-refractivity contribution in [1.82, 2.24) is 5.43 Å². The molecule has 0 aliphatic carbocycles. The number of nitrogens with two attached hydrogens (primary N) is 1. The van der Waals surface area contributed by atoms with Gasteiger partial charge >= 0.3 is 0 Å². The Morgan fingerprint density at radius 2 is 2.00 bits per heavy atom. The van der Waals surface area contributed by atoms with E-state index in [0.717, 1.165) is 30.8 Å². The van der Waals surface area contributed by atoms with Gasteiger partial charge in [-0.3, -0.25) is 11.3 Å². The molecule has 0 heterocycles. The van der Waals surface area contributed by atoms with Gasteiger partial charge in [0.1, 0.15) is 5.75 Å². The molecule has 0 aliphatic rings. The van der Waals surface area contributed by atoms with E-state index in [1.165, 1.54) is 5.56 Å². The maximum atomic E-state index is 5.54. The lowest BCUT2D eigenvalue weighted by molar-refractivity contribution is 0.414. The van der Waals surface area contributed by atoms with Crippen LogP contribution in [0, 0.1) is 0 Å². The number of ether oxygens (including phenoxy) is 1. The molecule has 0 aliphatic heterocycles.